The van der Waals surface area contributed by atoms with Crippen LogP contribution in [0.5, 0.6) is 0 Å². The normalized spacial score (nSPS) is 15.7. The lowest BCUT2D eigenvalue weighted by atomic mass is 9.94. The fourth-order valence-corrected chi connectivity index (χ4v) is 3.06. The van der Waals surface area contributed by atoms with Crippen LogP contribution in [0.25, 0.3) is 0 Å². The zero-order chi connectivity index (χ0) is 19.4. The minimum Gasteiger partial charge on any atom is -0.326 e. The Labute approximate surface area is 170 Å². The topological polar surface area (TPSA) is 92.5 Å². The number of rotatable bonds is 6. The van der Waals surface area contributed by atoms with Gasteiger partial charge in [-0.25, -0.2) is 0 Å². The van der Waals surface area contributed by atoms with E-state index in [2.05, 4.69) is 5.32 Å². The van der Waals surface area contributed by atoms with Gasteiger partial charge in [0.1, 0.15) is 0 Å². The predicted molar refractivity (Wildman–Crippen MR) is 110 cm³/mol. The van der Waals surface area contributed by atoms with Crippen LogP contribution >= 0.6 is 12.4 Å². The number of likely N-dealkylation sites (tertiary alicyclic amines) is 1. The molecule has 1 aliphatic rings. The third kappa shape index (κ3) is 4.97. The lowest BCUT2D eigenvalue weighted by Crippen LogP contribution is -2.30. The second-order valence-electron chi connectivity index (χ2n) is 6.78. The summed E-state index contributed by atoms with van der Waals surface area (Å²) in [6.07, 6.45) is 0.569. The fourth-order valence-electron chi connectivity index (χ4n) is 3.06. The Bertz CT molecular complexity index is 824. The fraction of sp³-hybridized carbons (Fsp3) is 0.286. The van der Waals surface area contributed by atoms with E-state index in [1.165, 1.54) is 4.90 Å². The molecule has 1 heterocycles. The predicted octanol–water partition coefficient (Wildman–Crippen LogP) is 3.03. The van der Waals surface area contributed by atoms with Crippen molar-refractivity contribution in [2.24, 2.45) is 11.7 Å². The summed E-state index contributed by atoms with van der Waals surface area (Å²) < 4.78 is 0. The van der Waals surface area contributed by atoms with Crippen LogP contribution in [0.15, 0.2) is 54.6 Å². The molecule has 0 aromatic heterocycles. The number of anilines is 1. The Morgan fingerprint density at radius 2 is 1.61 bits per heavy atom. The summed E-state index contributed by atoms with van der Waals surface area (Å²) >= 11 is 0. The number of benzene rings is 2. The number of nitrogens with two attached hydrogens (primary N) is 1. The van der Waals surface area contributed by atoms with Crippen LogP contribution in [0.2, 0.25) is 0 Å². The minimum absolute atomic E-state index is 0. The van der Waals surface area contributed by atoms with Crippen molar-refractivity contribution >= 4 is 35.8 Å². The van der Waals surface area contributed by atoms with Gasteiger partial charge < -0.3 is 11.1 Å². The summed E-state index contributed by atoms with van der Waals surface area (Å²) in [4.78, 5) is 37.1. The van der Waals surface area contributed by atoms with Crippen LogP contribution in [0.1, 0.15) is 36.9 Å². The van der Waals surface area contributed by atoms with E-state index >= 15 is 0 Å². The van der Waals surface area contributed by atoms with E-state index < -0.39 is 12.0 Å². The molecule has 0 aliphatic carbocycles. The van der Waals surface area contributed by atoms with Crippen molar-refractivity contribution in [3.05, 3.63) is 65.7 Å². The number of carbonyl (C=O) groups excluding carboxylic acids is 3. The molecule has 148 valence electrons. The summed E-state index contributed by atoms with van der Waals surface area (Å²) in [5.41, 5.74) is 8.60. The van der Waals surface area contributed by atoms with Gasteiger partial charge in [-0.2, -0.15) is 0 Å². The number of halogens is 1. The van der Waals surface area contributed by atoms with Crippen molar-refractivity contribution in [3.8, 4) is 0 Å². The van der Waals surface area contributed by atoms with Gasteiger partial charge in [0, 0.05) is 24.6 Å². The van der Waals surface area contributed by atoms with Crippen molar-refractivity contribution in [2.45, 2.75) is 32.4 Å². The molecule has 7 heteroatoms. The Kier molecular flexibility index (Phi) is 7.31. The molecule has 2 aromatic rings. The molecule has 3 rings (SSSR count). The zero-order valence-corrected chi connectivity index (χ0v) is 16.4. The molecule has 6 nitrogen and oxygen atoms in total. The molecule has 0 bridgehead atoms. The molecular formula is C21H24ClN3O3. The maximum absolute atomic E-state index is 12.5. The van der Waals surface area contributed by atoms with Gasteiger partial charge in [-0.05, 0) is 23.3 Å². The molecule has 3 amide bonds. The average Bonchev–Trinajstić information content (AvgIpc) is 3.01. The maximum atomic E-state index is 12.5. The molecule has 2 unspecified atom stereocenters. The first-order valence-corrected chi connectivity index (χ1v) is 8.99. The highest BCUT2D eigenvalue weighted by Gasteiger charge is 2.28. The Hall–Kier alpha value is -2.70. The highest BCUT2D eigenvalue weighted by Crippen LogP contribution is 2.22. The Morgan fingerprint density at radius 3 is 2.18 bits per heavy atom. The minimum atomic E-state index is -0.396. The summed E-state index contributed by atoms with van der Waals surface area (Å²) in [7, 11) is 0. The van der Waals surface area contributed by atoms with E-state index in [1.54, 1.807) is 31.2 Å². The summed E-state index contributed by atoms with van der Waals surface area (Å²) in [5.74, 6) is -0.835. The standard InChI is InChI=1S/C21H23N3O3.ClH/c1-14(20(22)16-5-3-2-4-6-16)21(27)23-17-9-7-15(8-10-17)13-24-18(25)11-12-19(24)26;/h2-10,14,20H,11-13,22H2,1H3,(H,23,27);1H. The summed E-state index contributed by atoms with van der Waals surface area (Å²) in [5, 5.41) is 2.86. The van der Waals surface area contributed by atoms with Crippen molar-refractivity contribution in [3.63, 3.8) is 0 Å². The number of carbonyl (C=O) groups is 3. The second kappa shape index (κ2) is 9.48. The highest BCUT2D eigenvalue weighted by atomic mass is 35.5. The Balaban J connectivity index is 0.00000280. The third-order valence-electron chi connectivity index (χ3n) is 4.85. The lowest BCUT2D eigenvalue weighted by Gasteiger charge is -2.20. The van der Waals surface area contributed by atoms with Crippen LogP contribution in [0, 0.1) is 5.92 Å². The first kappa shape index (κ1) is 21.6. The van der Waals surface area contributed by atoms with Crippen LogP contribution in [0.3, 0.4) is 0 Å². The first-order chi connectivity index (χ1) is 13.0. The van der Waals surface area contributed by atoms with Crippen LogP contribution in [-0.4, -0.2) is 22.6 Å². The van der Waals surface area contributed by atoms with Crippen LogP contribution in [-0.2, 0) is 20.9 Å². The van der Waals surface area contributed by atoms with Gasteiger partial charge in [-0.15, -0.1) is 12.4 Å². The molecule has 0 spiro atoms. The van der Waals surface area contributed by atoms with E-state index in [1.807, 2.05) is 30.3 Å². The third-order valence-corrected chi connectivity index (χ3v) is 4.85. The molecular weight excluding hydrogens is 378 g/mol. The molecule has 0 radical (unpaired) electrons. The van der Waals surface area contributed by atoms with Gasteiger partial charge in [0.25, 0.3) is 0 Å². The smallest absolute Gasteiger partial charge is 0.229 e. The molecule has 2 atom stereocenters. The van der Waals surface area contributed by atoms with E-state index in [-0.39, 0.29) is 49.5 Å². The van der Waals surface area contributed by atoms with Gasteiger partial charge >= 0.3 is 0 Å². The highest BCUT2D eigenvalue weighted by molar-refractivity contribution is 6.01. The van der Waals surface area contributed by atoms with Crippen molar-refractivity contribution < 1.29 is 14.4 Å². The average molecular weight is 402 g/mol. The zero-order valence-electron chi connectivity index (χ0n) is 15.6. The van der Waals surface area contributed by atoms with E-state index in [9.17, 15) is 14.4 Å². The molecule has 2 aromatic carbocycles. The number of nitrogens with zero attached hydrogens (tertiary/aromatic N) is 1. The molecule has 3 N–H and O–H groups in total. The SMILES string of the molecule is CC(C(=O)Nc1ccc(CN2C(=O)CCC2=O)cc1)C(N)c1ccccc1.Cl. The van der Waals surface area contributed by atoms with E-state index in [4.69, 9.17) is 5.73 Å². The lowest BCUT2D eigenvalue weighted by molar-refractivity contribution is -0.139. The summed E-state index contributed by atoms with van der Waals surface area (Å²) in [6, 6.07) is 16.3. The van der Waals surface area contributed by atoms with E-state index in [0.717, 1.165) is 11.1 Å². The van der Waals surface area contributed by atoms with Crippen molar-refractivity contribution in [2.75, 3.05) is 5.32 Å². The largest absolute Gasteiger partial charge is 0.326 e. The molecule has 28 heavy (non-hydrogen) atoms. The number of imide groups is 1. The Morgan fingerprint density at radius 1 is 1.04 bits per heavy atom. The number of nitrogens with one attached hydrogen (secondary N) is 1. The number of hydrogen-bond donors (Lipinski definition) is 2. The van der Waals surface area contributed by atoms with Crippen LogP contribution < -0.4 is 11.1 Å². The van der Waals surface area contributed by atoms with Crippen LogP contribution in [0.4, 0.5) is 5.69 Å². The van der Waals surface area contributed by atoms with Gasteiger partial charge in [0.2, 0.25) is 17.7 Å². The second-order valence-corrected chi connectivity index (χ2v) is 6.78. The number of hydrogen-bond acceptors (Lipinski definition) is 4. The van der Waals surface area contributed by atoms with Crippen molar-refractivity contribution in [1.29, 1.82) is 0 Å². The van der Waals surface area contributed by atoms with Gasteiger partial charge in [0.15, 0.2) is 0 Å². The van der Waals surface area contributed by atoms with Gasteiger partial charge in [-0.3, -0.25) is 19.3 Å². The molecule has 1 saturated heterocycles. The number of amides is 3. The monoisotopic (exact) mass is 401 g/mol. The molecule has 1 aliphatic heterocycles. The first-order valence-electron chi connectivity index (χ1n) is 8.99. The van der Waals surface area contributed by atoms with Gasteiger partial charge in [-0.1, -0.05) is 49.4 Å². The maximum Gasteiger partial charge on any atom is 0.229 e. The molecule has 1 fully saturated rings. The quantitative estimate of drug-likeness (QED) is 0.727. The summed E-state index contributed by atoms with van der Waals surface area (Å²) in [6.45, 7) is 2.06. The molecule has 0 saturated carbocycles. The van der Waals surface area contributed by atoms with E-state index in [0.29, 0.717) is 5.69 Å². The van der Waals surface area contributed by atoms with Gasteiger partial charge in [0.05, 0.1) is 12.5 Å². The van der Waals surface area contributed by atoms with Crippen molar-refractivity contribution in [1.82, 2.24) is 4.90 Å².